The van der Waals surface area contributed by atoms with Crippen LogP contribution in [-0.4, -0.2) is 25.2 Å². The van der Waals surface area contributed by atoms with E-state index < -0.39 is 0 Å². The molecule has 0 amide bonds. The van der Waals surface area contributed by atoms with Gasteiger partial charge in [-0.15, -0.1) is 0 Å². The molecular formula is C26H44OSi2. The quantitative estimate of drug-likeness (QED) is 0.332. The number of benzene rings is 1. The number of allylic oxidation sites excluding steroid dienone is 2. The molecular weight excluding hydrogens is 384 g/mol. The van der Waals surface area contributed by atoms with Crippen LogP contribution in [0.1, 0.15) is 94.3 Å². The summed E-state index contributed by atoms with van der Waals surface area (Å²) in [5, 5.41) is 0. The fourth-order valence-corrected chi connectivity index (χ4v) is 11.9. The first-order valence-corrected chi connectivity index (χ1v) is 18.8. The number of hydrogen-bond acceptors (Lipinski definition) is 1. The van der Waals surface area contributed by atoms with Crippen LogP contribution in [0.2, 0.25) is 12.1 Å². The van der Waals surface area contributed by atoms with Crippen molar-refractivity contribution in [2.75, 3.05) is 7.11 Å². The van der Waals surface area contributed by atoms with Gasteiger partial charge in [0.05, 0.1) is 6.10 Å². The summed E-state index contributed by atoms with van der Waals surface area (Å²) < 4.78 is 5.85. The second-order valence-corrected chi connectivity index (χ2v) is 17.2. The van der Waals surface area contributed by atoms with Crippen molar-refractivity contribution in [3.63, 3.8) is 0 Å². The molecule has 2 aliphatic carbocycles. The van der Waals surface area contributed by atoms with Gasteiger partial charge in [-0.25, -0.2) is 0 Å². The van der Waals surface area contributed by atoms with Crippen molar-refractivity contribution in [1.29, 1.82) is 0 Å². The van der Waals surface area contributed by atoms with Crippen molar-refractivity contribution in [2.24, 2.45) is 11.8 Å². The largest absolute Gasteiger partial charge is 0.377 e. The van der Waals surface area contributed by atoms with Crippen molar-refractivity contribution in [2.45, 2.75) is 95.2 Å². The van der Waals surface area contributed by atoms with E-state index in [2.05, 4.69) is 49.9 Å². The van der Waals surface area contributed by atoms with Crippen molar-refractivity contribution < 1.29 is 4.74 Å². The van der Waals surface area contributed by atoms with Crippen LogP contribution < -0.4 is 0 Å². The molecule has 29 heavy (non-hydrogen) atoms. The van der Waals surface area contributed by atoms with Gasteiger partial charge in [0.25, 0.3) is 0 Å². The minimum absolute atomic E-state index is 0.266. The summed E-state index contributed by atoms with van der Waals surface area (Å²) in [7, 11) is 2.65. The van der Waals surface area contributed by atoms with E-state index in [0.29, 0.717) is 18.1 Å². The summed E-state index contributed by atoms with van der Waals surface area (Å²) in [5.74, 6) is 2.44. The molecule has 2 saturated carbocycles. The Balaban J connectivity index is 1.51. The van der Waals surface area contributed by atoms with Gasteiger partial charge >= 0.3 is 0 Å². The fraction of sp³-hybridized carbons (Fsp3) is 0.692. The highest BCUT2D eigenvalue weighted by atomic mass is 29.1. The predicted molar refractivity (Wildman–Crippen MR) is 134 cm³/mol. The molecule has 1 nitrogen and oxygen atoms in total. The minimum atomic E-state index is 0.266. The molecule has 1 aromatic carbocycles. The molecule has 3 rings (SSSR count). The number of ether oxygens (including phenoxy) is 1. The van der Waals surface area contributed by atoms with Crippen molar-refractivity contribution in [3.8, 4) is 0 Å². The summed E-state index contributed by atoms with van der Waals surface area (Å²) >= 11 is 0. The smallest absolute Gasteiger partial charge is 0.0823 e. The highest BCUT2D eigenvalue weighted by molar-refractivity contribution is 7.00. The van der Waals surface area contributed by atoms with E-state index in [1.165, 1.54) is 56.1 Å². The lowest BCUT2D eigenvalue weighted by atomic mass is 9.76. The van der Waals surface area contributed by atoms with Gasteiger partial charge < -0.3 is 4.74 Å². The highest BCUT2D eigenvalue weighted by Gasteiger charge is 2.25. The van der Waals surface area contributed by atoms with Crippen LogP contribution in [0, 0.1) is 11.8 Å². The molecule has 2 aliphatic rings. The Hall–Kier alpha value is -0.646. The Kier molecular flexibility index (Phi) is 9.74. The molecule has 0 aliphatic heterocycles. The minimum Gasteiger partial charge on any atom is -0.377 e. The third kappa shape index (κ3) is 6.67. The molecule has 0 heterocycles. The zero-order valence-corrected chi connectivity index (χ0v) is 22.1. The van der Waals surface area contributed by atoms with E-state index in [-0.39, 0.29) is 6.10 Å². The van der Waals surface area contributed by atoms with Crippen molar-refractivity contribution in [1.82, 2.24) is 0 Å². The van der Waals surface area contributed by atoms with Gasteiger partial charge in [-0.3, -0.25) is 0 Å². The first-order valence-electron chi connectivity index (χ1n) is 12.5. The lowest BCUT2D eigenvalue weighted by Crippen LogP contribution is -2.17. The van der Waals surface area contributed by atoms with E-state index in [1.54, 1.807) is 18.4 Å². The Morgan fingerprint density at radius 1 is 0.966 bits per heavy atom. The molecule has 1 aromatic rings. The predicted octanol–water partition coefficient (Wildman–Crippen LogP) is 6.28. The van der Waals surface area contributed by atoms with E-state index in [1.807, 2.05) is 7.11 Å². The second kappa shape index (κ2) is 12.3. The molecule has 3 heteroatoms. The van der Waals surface area contributed by atoms with Crippen LogP contribution >= 0.6 is 0 Å². The Labute approximate surface area is 184 Å². The van der Waals surface area contributed by atoms with E-state index in [4.69, 9.17) is 4.74 Å². The maximum Gasteiger partial charge on any atom is 0.0823 e. The van der Waals surface area contributed by atoms with Gasteiger partial charge in [0.1, 0.15) is 0 Å². The van der Waals surface area contributed by atoms with E-state index >= 15 is 0 Å². The van der Waals surface area contributed by atoms with Crippen LogP contribution in [0.5, 0.6) is 0 Å². The maximum absolute atomic E-state index is 5.85. The standard InChI is InChI=1S/C26H44OSi2/c1-4-7-26(27-2)25-9-6-5-8-24(25)22-16-12-20(13-17-22)10-11-21-14-18-23(19-15-21)29-28-3/h5-6,8-11,20-23,26H,4,7,12-19,28-29H2,1-3H3. The molecule has 0 aromatic heterocycles. The normalized spacial score (nSPS) is 30.0. The number of methoxy groups -OCH3 is 1. The SMILES string of the molecule is CCCC(OC)c1ccccc1C1CCC(C=CC2CCC([SiH2][SiH2]C)CC2)CC1. The fourth-order valence-electron chi connectivity index (χ4n) is 5.85. The van der Waals surface area contributed by atoms with Gasteiger partial charge in [-0.1, -0.05) is 74.7 Å². The van der Waals surface area contributed by atoms with Crippen LogP contribution in [-0.2, 0) is 4.74 Å². The van der Waals surface area contributed by atoms with Crippen LogP contribution in [0.3, 0.4) is 0 Å². The zero-order chi connectivity index (χ0) is 20.5. The zero-order valence-electron chi connectivity index (χ0n) is 19.2. The number of hydrogen-bond donors (Lipinski definition) is 0. The second-order valence-electron chi connectivity index (χ2n) is 9.71. The summed E-state index contributed by atoms with van der Waals surface area (Å²) in [4.78, 5) is 0. The monoisotopic (exact) mass is 428 g/mol. The van der Waals surface area contributed by atoms with Crippen LogP contribution in [0.25, 0.3) is 0 Å². The molecule has 0 radical (unpaired) electrons. The van der Waals surface area contributed by atoms with Gasteiger partial charge in [-0.2, -0.15) is 0 Å². The third-order valence-corrected chi connectivity index (χ3v) is 14.0. The van der Waals surface area contributed by atoms with E-state index in [9.17, 15) is 0 Å². The molecule has 0 N–H and O–H groups in total. The summed E-state index contributed by atoms with van der Waals surface area (Å²) in [6.07, 6.45) is 19.3. The van der Waals surface area contributed by atoms with Crippen LogP contribution in [0.15, 0.2) is 36.4 Å². The molecule has 1 unspecified atom stereocenters. The molecule has 162 valence electrons. The lowest BCUT2D eigenvalue weighted by molar-refractivity contribution is 0.0936. The maximum atomic E-state index is 5.85. The topological polar surface area (TPSA) is 9.23 Å². The Morgan fingerprint density at radius 2 is 1.59 bits per heavy atom. The molecule has 0 spiro atoms. The summed E-state index contributed by atoms with van der Waals surface area (Å²) in [6, 6.07) is 9.10. The Bertz CT molecular complexity index is 613. The van der Waals surface area contributed by atoms with Gasteiger partial charge in [0, 0.05) is 25.2 Å². The summed E-state index contributed by atoms with van der Waals surface area (Å²) in [5.41, 5.74) is 4.24. The molecule has 0 bridgehead atoms. The summed E-state index contributed by atoms with van der Waals surface area (Å²) in [6.45, 7) is 4.79. The van der Waals surface area contributed by atoms with Crippen molar-refractivity contribution >= 4 is 18.1 Å². The highest BCUT2D eigenvalue weighted by Crippen LogP contribution is 2.40. The van der Waals surface area contributed by atoms with E-state index in [0.717, 1.165) is 24.2 Å². The lowest BCUT2D eigenvalue weighted by Gasteiger charge is -2.31. The van der Waals surface area contributed by atoms with Gasteiger partial charge in [-0.05, 0) is 73.8 Å². The van der Waals surface area contributed by atoms with Crippen molar-refractivity contribution in [3.05, 3.63) is 47.5 Å². The van der Waals surface area contributed by atoms with Gasteiger partial charge in [0.2, 0.25) is 0 Å². The average Bonchev–Trinajstić information content (AvgIpc) is 2.78. The third-order valence-electron chi connectivity index (χ3n) is 7.63. The van der Waals surface area contributed by atoms with Crippen LogP contribution in [0.4, 0.5) is 0 Å². The average molecular weight is 429 g/mol. The van der Waals surface area contributed by atoms with Gasteiger partial charge in [0.15, 0.2) is 0 Å². The molecule has 1 atom stereocenters. The first-order chi connectivity index (χ1) is 14.2. The molecule has 0 saturated heterocycles. The molecule has 2 fully saturated rings. The number of rotatable bonds is 9. The Morgan fingerprint density at radius 3 is 2.17 bits per heavy atom. The first kappa shape index (κ1) is 23.0.